The number of aromatic hydroxyl groups is 1. The summed E-state index contributed by atoms with van der Waals surface area (Å²) < 4.78 is 0. The molecular formula is C15H9NO. The zero-order valence-corrected chi connectivity index (χ0v) is 9.01. The molecule has 0 heterocycles. The van der Waals surface area contributed by atoms with Gasteiger partial charge in [-0.3, -0.25) is 0 Å². The SMILES string of the molecule is N#Cc1cccc2cc3cc(O)ccc3cc12. The van der Waals surface area contributed by atoms with Gasteiger partial charge in [-0.2, -0.15) is 5.26 Å². The van der Waals surface area contributed by atoms with E-state index in [2.05, 4.69) is 6.07 Å². The topological polar surface area (TPSA) is 44.0 Å². The highest BCUT2D eigenvalue weighted by molar-refractivity contribution is 6.00. The number of hydrogen-bond donors (Lipinski definition) is 1. The first-order valence-electron chi connectivity index (χ1n) is 5.33. The van der Waals surface area contributed by atoms with E-state index in [1.807, 2.05) is 36.4 Å². The third-order valence-corrected chi connectivity index (χ3v) is 2.94. The fourth-order valence-electron chi connectivity index (χ4n) is 2.11. The smallest absolute Gasteiger partial charge is 0.116 e. The minimum absolute atomic E-state index is 0.258. The molecule has 2 nitrogen and oxygen atoms in total. The molecule has 17 heavy (non-hydrogen) atoms. The lowest BCUT2D eigenvalue weighted by molar-refractivity contribution is 0.476. The lowest BCUT2D eigenvalue weighted by Gasteiger charge is -2.04. The number of phenols is 1. The molecule has 0 atom stereocenters. The number of nitriles is 1. The van der Waals surface area contributed by atoms with Gasteiger partial charge >= 0.3 is 0 Å². The average molecular weight is 219 g/mol. The van der Waals surface area contributed by atoms with Crippen LogP contribution in [0.1, 0.15) is 5.56 Å². The van der Waals surface area contributed by atoms with Gasteiger partial charge in [-0.05, 0) is 46.5 Å². The Bertz CT molecular complexity index is 769. The van der Waals surface area contributed by atoms with Crippen LogP contribution in [0.3, 0.4) is 0 Å². The molecular weight excluding hydrogens is 210 g/mol. The number of nitrogens with zero attached hydrogens (tertiary/aromatic N) is 1. The zero-order valence-electron chi connectivity index (χ0n) is 9.01. The number of rotatable bonds is 0. The Morgan fingerprint density at radius 3 is 2.59 bits per heavy atom. The first kappa shape index (κ1) is 9.68. The Morgan fingerprint density at radius 1 is 0.882 bits per heavy atom. The lowest BCUT2D eigenvalue weighted by atomic mass is 10.0. The fourth-order valence-corrected chi connectivity index (χ4v) is 2.11. The third-order valence-electron chi connectivity index (χ3n) is 2.94. The quantitative estimate of drug-likeness (QED) is 0.587. The minimum atomic E-state index is 0.258. The van der Waals surface area contributed by atoms with Crippen molar-refractivity contribution in [2.45, 2.75) is 0 Å². The van der Waals surface area contributed by atoms with Gasteiger partial charge in [-0.15, -0.1) is 0 Å². The summed E-state index contributed by atoms with van der Waals surface area (Å²) in [6.07, 6.45) is 0. The van der Waals surface area contributed by atoms with Gasteiger partial charge in [0.2, 0.25) is 0 Å². The molecule has 0 saturated carbocycles. The van der Waals surface area contributed by atoms with Crippen LogP contribution in [0.25, 0.3) is 21.5 Å². The lowest BCUT2D eigenvalue weighted by Crippen LogP contribution is -1.81. The van der Waals surface area contributed by atoms with E-state index in [9.17, 15) is 5.11 Å². The van der Waals surface area contributed by atoms with E-state index in [-0.39, 0.29) is 5.75 Å². The van der Waals surface area contributed by atoms with E-state index in [1.54, 1.807) is 12.1 Å². The molecule has 1 N–H and O–H groups in total. The molecule has 0 aromatic heterocycles. The monoisotopic (exact) mass is 219 g/mol. The molecule has 0 fully saturated rings. The molecule has 80 valence electrons. The van der Waals surface area contributed by atoms with Gasteiger partial charge in [-0.1, -0.05) is 18.2 Å². The Hall–Kier alpha value is -2.53. The van der Waals surface area contributed by atoms with Gasteiger partial charge in [0.1, 0.15) is 5.75 Å². The van der Waals surface area contributed by atoms with Crippen LogP contribution in [0.4, 0.5) is 0 Å². The van der Waals surface area contributed by atoms with Crippen molar-refractivity contribution in [2.75, 3.05) is 0 Å². The molecule has 0 saturated heterocycles. The first-order valence-corrected chi connectivity index (χ1v) is 5.33. The van der Waals surface area contributed by atoms with Crippen molar-refractivity contribution in [3.8, 4) is 11.8 Å². The normalized spacial score (nSPS) is 10.5. The zero-order chi connectivity index (χ0) is 11.8. The molecule has 2 heteroatoms. The van der Waals surface area contributed by atoms with E-state index in [0.29, 0.717) is 5.56 Å². The molecule has 3 aromatic rings. The van der Waals surface area contributed by atoms with Crippen LogP contribution < -0.4 is 0 Å². The van der Waals surface area contributed by atoms with Crippen molar-refractivity contribution < 1.29 is 5.11 Å². The largest absolute Gasteiger partial charge is 0.508 e. The second-order valence-corrected chi connectivity index (χ2v) is 4.02. The van der Waals surface area contributed by atoms with E-state index >= 15 is 0 Å². The number of hydrogen-bond acceptors (Lipinski definition) is 2. The molecule has 0 aliphatic carbocycles. The molecule has 0 amide bonds. The summed E-state index contributed by atoms with van der Waals surface area (Å²) in [4.78, 5) is 0. The predicted octanol–water partition coefficient (Wildman–Crippen LogP) is 3.57. The van der Waals surface area contributed by atoms with Crippen molar-refractivity contribution in [1.29, 1.82) is 5.26 Å². The van der Waals surface area contributed by atoms with E-state index in [4.69, 9.17) is 5.26 Å². The highest BCUT2D eigenvalue weighted by Gasteiger charge is 2.02. The van der Waals surface area contributed by atoms with Crippen LogP contribution in [0.5, 0.6) is 5.75 Å². The van der Waals surface area contributed by atoms with Crippen LogP contribution in [0, 0.1) is 11.3 Å². The summed E-state index contributed by atoms with van der Waals surface area (Å²) in [6, 6.07) is 17.1. The van der Waals surface area contributed by atoms with Crippen molar-refractivity contribution in [1.82, 2.24) is 0 Å². The maximum atomic E-state index is 9.45. The Kier molecular flexibility index (Phi) is 1.99. The Labute approximate surface area is 98.3 Å². The maximum Gasteiger partial charge on any atom is 0.116 e. The van der Waals surface area contributed by atoms with Crippen LogP contribution >= 0.6 is 0 Å². The van der Waals surface area contributed by atoms with E-state index in [1.165, 1.54) is 0 Å². The van der Waals surface area contributed by atoms with Gasteiger partial charge < -0.3 is 5.11 Å². The Morgan fingerprint density at radius 2 is 1.76 bits per heavy atom. The molecule has 3 rings (SSSR count). The van der Waals surface area contributed by atoms with Crippen molar-refractivity contribution in [3.05, 3.63) is 54.1 Å². The standard InChI is InChI=1S/C15H9NO/c16-9-12-3-1-2-11-6-13-7-14(17)5-4-10(13)8-15(11)12/h1-8,17H. The van der Waals surface area contributed by atoms with Gasteiger partial charge in [0, 0.05) is 5.39 Å². The number of phenolic OH excluding ortho intramolecular Hbond substituents is 1. The average Bonchev–Trinajstić information content (AvgIpc) is 2.35. The van der Waals surface area contributed by atoms with Crippen LogP contribution in [0.2, 0.25) is 0 Å². The molecule has 0 radical (unpaired) electrons. The molecule has 0 bridgehead atoms. The summed E-state index contributed by atoms with van der Waals surface area (Å²) in [5.41, 5.74) is 0.678. The van der Waals surface area contributed by atoms with Crippen molar-refractivity contribution in [3.63, 3.8) is 0 Å². The molecule has 0 aliphatic rings. The number of benzene rings is 3. The second-order valence-electron chi connectivity index (χ2n) is 4.02. The van der Waals surface area contributed by atoms with Gasteiger partial charge in [0.15, 0.2) is 0 Å². The van der Waals surface area contributed by atoms with E-state index in [0.717, 1.165) is 21.5 Å². The van der Waals surface area contributed by atoms with Crippen LogP contribution in [-0.4, -0.2) is 5.11 Å². The maximum absolute atomic E-state index is 9.45. The van der Waals surface area contributed by atoms with Gasteiger partial charge in [0.25, 0.3) is 0 Å². The van der Waals surface area contributed by atoms with E-state index < -0.39 is 0 Å². The summed E-state index contributed by atoms with van der Waals surface area (Å²) in [5, 5.41) is 22.5. The second kappa shape index (κ2) is 3.50. The van der Waals surface area contributed by atoms with Crippen molar-refractivity contribution >= 4 is 21.5 Å². The summed E-state index contributed by atoms with van der Waals surface area (Å²) in [5.74, 6) is 0.258. The first-order chi connectivity index (χ1) is 8.28. The molecule has 0 spiro atoms. The third kappa shape index (κ3) is 1.49. The van der Waals surface area contributed by atoms with Crippen molar-refractivity contribution in [2.24, 2.45) is 0 Å². The highest BCUT2D eigenvalue weighted by Crippen LogP contribution is 2.27. The van der Waals surface area contributed by atoms with Gasteiger partial charge in [-0.25, -0.2) is 0 Å². The Balaban J connectivity index is 2.48. The number of fused-ring (bicyclic) bond motifs is 2. The van der Waals surface area contributed by atoms with Crippen LogP contribution in [-0.2, 0) is 0 Å². The predicted molar refractivity (Wildman–Crippen MR) is 67.8 cm³/mol. The molecule has 0 unspecified atom stereocenters. The summed E-state index contributed by atoms with van der Waals surface area (Å²) >= 11 is 0. The molecule has 3 aromatic carbocycles. The summed E-state index contributed by atoms with van der Waals surface area (Å²) in [7, 11) is 0. The van der Waals surface area contributed by atoms with Crippen LogP contribution in [0.15, 0.2) is 48.5 Å². The minimum Gasteiger partial charge on any atom is -0.508 e. The fraction of sp³-hybridized carbons (Fsp3) is 0. The highest BCUT2D eigenvalue weighted by atomic mass is 16.3. The van der Waals surface area contributed by atoms with Gasteiger partial charge in [0.05, 0.1) is 11.6 Å². The molecule has 0 aliphatic heterocycles. The summed E-state index contributed by atoms with van der Waals surface area (Å²) in [6.45, 7) is 0.